The van der Waals surface area contributed by atoms with Crippen LogP contribution in [0.5, 0.6) is 0 Å². The first kappa shape index (κ1) is 20.3. The zero-order chi connectivity index (χ0) is 22.1. The minimum atomic E-state index is -0.612. The van der Waals surface area contributed by atoms with E-state index in [0.717, 1.165) is 5.56 Å². The Hall–Kier alpha value is -4.01. The summed E-state index contributed by atoms with van der Waals surface area (Å²) in [5.74, 6) is 0.134. The van der Waals surface area contributed by atoms with E-state index in [2.05, 4.69) is 20.3 Å². The third-order valence-electron chi connectivity index (χ3n) is 4.91. The summed E-state index contributed by atoms with van der Waals surface area (Å²) in [5.41, 5.74) is 3.89. The fraction of sp³-hybridized carbons (Fsp3) is 0.227. The number of aryl methyl sites for hydroxylation is 2. The van der Waals surface area contributed by atoms with E-state index in [1.165, 1.54) is 6.92 Å². The monoisotopic (exact) mass is 420 g/mol. The van der Waals surface area contributed by atoms with Crippen molar-refractivity contribution in [3.63, 3.8) is 0 Å². The predicted octanol–water partition coefficient (Wildman–Crippen LogP) is 4.20. The molecular weight excluding hydrogens is 400 g/mol. The average molecular weight is 420 g/mol. The van der Waals surface area contributed by atoms with Crippen LogP contribution in [0, 0.1) is 20.8 Å². The largest absolute Gasteiger partial charge is 0.451 e. The van der Waals surface area contributed by atoms with E-state index in [1.807, 2.05) is 30.3 Å². The average Bonchev–Trinajstić information content (AvgIpc) is 3.43. The van der Waals surface area contributed by atoms with E-state index in [1.54, 1.807) is 20.8 Å². The number of aromatic nitrogens is 4. The van der Waals surface area contributed by atoms with Crippen LogP contribution in [0.4, 0.5) is 0 Å². The number of aromatic amines is 1. The number of carbonyl (C=O) groups is 2. The highest BCUT2D eigenvalue weighted by atomic mass is 16.5. The van der Waals surface area contributed by atoms with Crippen LogP contribution in [0.15, 0.2) is 39.3 Å². The van der Waals surface area contributed by atoms with Crippen molar-refractivity contribution >= 4 is 11.8 Å². The summed E-state index contributed by atoms with van der Waals surface area (Å²) < 4.78 is 16.3. The fourth-order valence-corrected chi connectivity index (χ4v) is 3.51. The highest BCUT2D eigenvalue weighted by Gasteiger charge is 2.24. The number of ether oxygens (including phenoxy) is 1. The molecule has 0 fully saturated rings. The number of nitrogens with one attached hydrogen (secondary N) is 1. The van der Waals surface area contributed by atoms with Crippen molar-refractivity contribution in [3.05, 3.63) is 64.5 Å². The molecule has 31 heavy (non-hydrogen) atoms. The Morgan fingerprint density at radius 2 is 1.84 bits per heavy atom. The fourth-order valence-electron chi connectivity index (χ4n) is 3.51. The molecule has 0 amide bonds. The van der Waals surface area contributed by atoms with Crippen LogP contribution in [0.25, 0.3) is 22.7 Å². The van der Waals surface area contributed by atoms with E-state index < -0.39 is 5.97 Å². The minimum Gasteiger partial charge on any atom is -0.451 e. The lowest BCUT2D eigenvalue weighted by Gasteiger charge is -2.02. The van der Waals surface area contributed by atoms with Crippen LogP contribution >= 0.6 is 0 Å². The van der Waals surface area contributed by atoms with Gasteiger partial charge < -0.3 is 18.7 Å². The topological polar surface area (TPSA) is 124 Å². The van der Waals surface area contributed by atoms with Crippen LogP contribution in [-0.4, -0.2) is 32.1 Å². The Morgan fingerprint density at radius 1 is 1.10 bits per heavy atom. The number of Topliss-reactive ketones (excluding diaryl/α,β-unsaturated/α-hetero) is 1. The Labute approximate surface area is 177 Å². The Bertz CT molecular complexity index is 1270. The van der Waals surface area contributed by atoms with E-state index in [-0.39, 0.29) is 29.9 Å². The predicted molar refractivity (Wildman–Crippen MR) is 109 cm³/mol. The first-order valence-electron chi connectivity index (χ1n) is 9.58. The highest BCUT2D eigenvalue weighted by molar-refractivity contribution is 6.01. The summed E-state index contributed by atoms with van der Waals surface area (Å²) in [7, 11) is 0. The number of rotatable bonds is 6. The first-order valence-corrected chi connectivity index (χ1v) is 9.58. The van der Waals surface area contributed by atoms with Gasteiger partial charge in [-0.3, -0.25) is 4.79 Å². The molecule has 0 aliphatic rings. The molecule has 158 valence electrons. The van der Waals surface area contributed by atoms with Crippen LogP contribution < -0.4 is 0 Å². The van der Waals surface area contributed by atoms with Gasteiger partial charge in [-0.05, 0) is 33.3 Å². The van der Waals surface area contributed by atoms with Gasteiger partial charge >= 0.3 is 5.97 Å². The third kappa shape index (κ3) is 3.77. The molecule has 0 bridgehead atoms. The molecule has 1 N–H and O–H groups in total. The quantitative estimate of drug-likeness (QED) is 0.363. The maximum absolute atomic E-state index is 12.5. The molecular formula is C22H20N4O5. The van der Waals surface area contributed by atoms with Crippen LogP contribution in [0.3, 0.4) is 0 Å². The van der Waals surface area contributed by atoms with Crippen molar-refractivity contribution in [2.75, 3.05) is 0 Å². The molecule has 0 saturated carbocycles. The second-order valence-corrected chi connectivity index (χ2v) is 7.09. The molecule has 9 heteroatoms. The number of benzene rings is 1. The standard InChI is InChI=1S/C22H20N4O5/c1-11-17(13(3)27)12(2)23-19(11)22(28)29-10-16-24-25-21(30-16)18-14(4)31-26-20(18)15-8-6-5-7-9-15/h5-9,23H,10H2,1-4H3. The number of nitrogens with zero attached hydrogens (tertiary/aromatic N) is 3. The van der Waals surface area contributed by atoms with Crippen LogP contribution in [0.1, 0.15) is 50.7 Å². The molecule has 0 atom stereocenters. The van der Waals surface area contributed by atoms with Gasteiger partial charge in [-0.2, -0.15) is 0 Å². The summed E-state index contributed by atoms with van der Waals surface area (Å²) in [5, 5.41) is 12.1. The Kier molecular flexibility index (Phi) is 5.24. The highest BCUT2D eigenvalue weighted by Crippen LogP contribution is 2.33. The molecule has 4 aromatic rings. The molecule has 9 nitrogen and oxygen atoms in total. The van der Waals surface area contributed by atoms with Gasteiger partial charge in [-0.15, -0.1) is 10.2 Å². The van der Waals surface area contributed by atoms with Crippen LogP contribution in [0.2, 0.25) is 0 Å². The summed E-state index contributed by atoms with van der Waals surface area (Å²) in [6.45, 7) is 6.41. The molecule has 0 saturated heterocycles. The smallest absolute Gasteiger partial charge is 0.355 e. The van der Waals surface area contributed by atoms with Gasteiger partial charge in [0.1, 0.15) is 22.7 Å². The zero-order valence-corrected chi connectivity index (χ0v) is 17.5. The molecule has 0 aliphatic carbocycles. The molecule has 3 aromatic heterocycles. The molecule has 3 heterocycles. The van der Waals surface area contributed by atoms with Crippen molar-refractivity contribution in [3.8, 4) is 22.7 Å². The third-order valence-corrected chi connectivity index (χ3v) is 4.91. The molecule has 0 radical (unpaired) electrons. The van der Waals surface area contributed by atoms with Crippen molar-refractivity contribution in [1.82, 2.24) is 20.3 Å². The van der Waals surface area contributed by atoms with Gasteiger partial charge in [-0.1, -0.05) is 35.5 Å². The normalized spacial score (nSPS) is 11.0. The maximum atomic E-state index is 12.5. The number of ketones is 1. The number of hydrogen-bond acceptors (Lipinski definition) is 8. The van der Waals surface area contributed by atoms with Gasteiger partial charge in [0.2, 0.25) is 0 Å². The van der Waals surface area contributed by atoms with E-state index in [9.17, 15) is 9.59 Å². The molecule has 4 rings (SSSR count). The van der Waals surface area contributed by atoms with Crippen molar-refractivity contribution in [2.45, 2.75) is 34.3 Å². The summed E-state index contributed by atoms with van der Waals surface area (Å²) in [6, 6.07) is 9.49. The minimum absolute atomic E-state index is 0.120. The number of carbonyl (C=O) groups excluding carboxylic acids is 2. The second kappa shape index (κ2) is 8.02. The Morgan fingerprint density at radius 3 is 2.52 bits per heavy atom. The van der Waals surface area contributed by atoms with E-state index in [4.69, 9.17) is 13.7 Å². The second-order valence-electron chi connectivity index (χ2n) is 7.09. The lowest BCUT2D eigenvalue weighted by atomic mass is 10.1. The van der Waals surface area contributed by atoms with Crippen molar-refractivity contribution in [2.24, 2.45) is 0 Å². The summed E-state index contributed by atoms with van der Waals surface area (Å²) in [6.07, 6.45) is 0. The van der Waals surface area contributed by atoms with Crippen molar-refractivity contribution < 1.29 is 23.3 Å². The Balaban J connectivity index is 1.53. The number of H-pyrrole nitrogens is 1. The van der Waals surface area contributed by atoms with Gasteiger partial charge in [0, 0.05) is 16.8 Å². The summed E-state index contributed by atoms with van der Waals surface area (Å²) >= 11 is 0. The molecule has 0 aliphatic heterocycles. The summed E-state index contributed by atoms with van der Waals surface area (Å²) in [4.78, 5) is 27.1. The van der Waals surface area contributed by atoms with Crippen LogP contribution in [-0.2, 0) is 11.3 Å². The number of hydrogen-bond donors (Lipinski definition) is 1. The van der Waals surface area contributed by atoms with E-state index >= 15 is 0 Å². The zero-order valence-electron chi connectivity index (χ0n) is 17.5. The lowest BCUT2D eigenvalue weighted by molar-refractivity contribution is 0.0431. The van der Waals surface area contributed by atoms with Gasteiger partial charge in [-0.25, -0.2) is 4.79 Å². The van der Waals surface area contributed by atoms with Crippen molar-refractivity contribution in [1.29, 1.82) is 0 Å². The van der Waals surface area contributed by atoms with E-state index in [0.29, 0.717) is 33.8 Å². The molecule has 0 spiro atoms. The maximum Gasteiger partial charge on any atom is 0.355 e. The van der Waals surface area contributed by atoms with Gasteiger partial charge in [0.25, 0.3) is 11.8 Å². The lowest BCUT2D eigenvalue weighted by Crippen LogP contribution is -2.08. The van der Waals surface area contributed by atoms with Gasteiger partial charge in [0.15, 0.2) is 12.4 Å². The molecule has 1 aromatic carbocycles. The number of esters is 1. The SMILES string of the molecule is CC(=O)c1c(C)[nH]c(C(=O)OCc2nnc(-c3c(-c4ccccc4)noc3C)o2)c1C. The first-order chi connectivity index (χ1) is 14.9. The van der Waals surface area contributed by atoms with Gasteiger partial charge in [0.05, 0.1) is 0 Å². The molecule has 0 unspecified atom stereocenters.